The molecule has 0 bridgehead atoms. The first-order valence-electron chi connectivity index (χ1n) is 9.74. The number of benzene rings is 3. The fraction of sp³-hybridized carbons (Fsp3) is 0.130. The van der Waals surface area contributed by atoms with Crippen LogP contribution in [0.5, 0.6) is 5.75 Å². The number of rotatable bonds is 8. The van der Waals surface area contributed by atoms with Gasteiger partial charge in [-0.2, -0.15) is 0 Å². The van der Waals surface area contributed by atoms with Gasteiger partial charge >= 0.3 is 5.97 Å². The average molecular weight is 489 g/mol. The minimum Gasteiger partial charge on any atom is -0.488 e. The van der Waals surface area contributed by atoms with Crippen LogP contribution in [0.3, 0.4) is 0 Å². The van der Waals surface area contributed by atoms with Crippen molar-refractivity contribution in [2.24, 2.45) is 5.14 Å². The van der Waals surface area contributed by atoms with Gasteiger partial charge in [0.1, 0.15) is 17.9 Å². The van der Waals surface area contributed by atoms with E-state index in [1.54, 1.807) is 30.3 Å². The van der Waals surface area contributed by atoms with Crippen LogP contribution in [0.15, 0.2) is 77.7 Å². The van der Waals surface area contributed by atoms with Gasteiger partial charge in [-0.05, 0) is 61.0 Å². The highest BCUT2D eigenvalue weighted by Gasteiger charge is 2.21. The van der Waals surface area contributed by atoms with Gasteiger partial charge in [0.15, 0.2) is 6.10 Å². The lowest BCUT2D eigenvalue weighted by Gasteiger charge is -2.15. The number of nitrogens with one attached hydrogen (secondary N) is 1. The number of hydrogen-bond acceptors (Lipinski definition) is 6. The van der Waals surface area contributed by atoms with E-state index >= 15 is 0 Å². The third kappa shape index (κ3) is 6.79. The number of para-hydroxylation sites is 1. The molecule has 3 aromatic rings. The molecule has 0 aliphatic rings. The Labute approximate surface area is 196 Å². The number of carbonyl (C=O) groups is 2. The van der Waals surface area contributed by atoms with E-state index in [4.69, 9.17) is 26.2 Å². The van der Waals surface area contributed by atoms with Gasteiger partial charge in [-0.1, -0.05) is 35.9 Å². The van der Waals surface area contributed by atoms with Crippen molar-refractivity contribution in [2.45, 2.75) is 24.5 Å². The second-order valence-electron chi connectivity index (χ2n) is 7.02. The standard InChI is InChI=1S/C23H21ClN2O6S/c1-15(22(27)26-18-10-12-19(13-11-18)33(25,29)30)32-23(28)20-4-2-3-5-21(20)31-14-16-6-8-17(24)9-7-16/h2-13,15H,14H2,1H3,(H,26,27)(H2,25,29,30)/t15-/m0/s1. The van der Waals surface area contributed by atoms with Crippen LogP contribution in [-0.2, 0) is 26.2 Å². The monoisotopic (exact) mass is 488 g/mol. The lowest BCUT2D eigenvalue weighted by molar-refractivity contribution is -0.123. The number of nitrogens with two attached hydrogens (primary N) is 1. The number of carbonyl (C=O) groups excluding carboxylic acids is 2. The number of amides is 1. The molecule has 3 aromatic carbocycles. The number of ether oxygens (including phenoxy) is 2. The summed E-state index contributed by atoms with van der Waals surface area (Å²) in [6, 6.07) is 18.9. The van der Waals surface area contributed by atoms with E-state index in [2.05, 4.69) is 5.32 Å². The average Bonchev–Trinajstić information content (AvgIpc) is 2.78. The number of anilines is 1. The fourth-order valence-corrected chi connectivity index (χ4v) is 3.39. The highest BCUT2D eigenvalue weighted by molar-refractivity contribution is 7.89. The second kappa shape index (κ2) is 10.5. The van der Waals surface area contributed by atoms with Crippen LogP contribution >= 0.6 is 11.6 Å². The van der Waals surface area contributed by atoms with Crippen molar-refractivity contribution < 1.29 is 27.5 Å². The van der Waals surface area contributed by atoms with Crippen molar-refractivity contribution >= 4 is 39.2 Å². The van der Waals surface area contributed by atoms with Gasteiger partial charge in [0.2, 0.25) is 10.0 Å². The molecule has 0 unspecified atom stereocenters. The van der Waals surface area contributed by atoms with Crippen LogP contribution in [0.4, 0.5) is 5.69 Å². The summed E-state index contributed by atoms with van der Waals surface area (Å²) < 4.78 is 33.7. The van der Waals surface area contributed by atoms with Crippen LogP contribution in [0.1, 0.15) is 22.8 Å². The summed E-state index contributed by atoms with van der Waals surface area (Å²) in [5.41, 5.74) is 1.36. The van der Waals surface area contributed by atoms with Gasteiger partial charge in [-0.3, -0.25) is 4.79 Å². The lowest BCUT2D eigenvalue weighted by Crippen LogP contribution is -2.30. The maximum atomic E-state index is 12.7. The molecule has 3 rings (SSSR count). The first-order chi connectivity index (χ1) is 15.6. The zero-order valence-electron chi connectivity index (χ0n) is 17.5. The molecule has 8 nitrogen and oxygen atoms in total. The molecular formula is C23H21ClN2O6S. The largest absolute Gasteiger partial charge is 0.488 e. The number of primary sulfonamides is 1. The van der Waals surface area contributed by atoms with E-state index in [1.807, 2.05) is 12.1 Å². The molecule has 10 heteroatoms. The Hall–Kier alpha value is -3.40. The molecule has 172 valence electrons. The molecule has 33 heavy (non-hydrogen) atoms. The van der Waals surface area contributed by atoms with E-state index in [-0.39, 0.29) is 17.1 Å². The third-order valence-corrected chi connectivity index (χ3v) is 5.70. The molecule has 0 aliphatic carbocycles. The Bertz CT molecular complexity index is 1240. The first-order valence-corrected chi connectivity index (χ1v) is 11.7. The van der Waals surface area contributed by atoms with Crippen LogP contribution in [0.2, 0.25) is 5.02 Å². The molecule has 0 aromatic heterocycles. The van der Waals surface area contributed by atoms with E-state index in [0.717, 1.165) is 5.56 Å². The topological polar surface area (TPSA) is 125 Å². The Kier molecular flexibility index (Phi) is 7.70. The molecule has 0 fully saturated rings. The van der Waals surface area contributed by atoms with Gasteiger partial charge in [0, 0.05) is 10.7 Å². The van der Waals surface area contributed by atoms with Gasteiger partial charge < -0.3 is 14.8 Å². The molecule has 0 radical (unpaired) electrons. The van der Waals surface area contributed by atoms with Crippen LogP contribution in [0.25, 0.3) is 0 Å². The molecule has 1 atom stereocenters. The van der Waals surface area contributed by atoms with Crippen molar-refractivity contribution in [2.75, 3.05) is 5.32 Å². The van der Waals surface area contributed by atoms with E-state index in [1.165, 1.54) is 37.3 Å². The Morgan fingerprint density at radius 3 is 2.27 bits per heavy atom. The summed E-state index contributed by atoms with van der Waals surface area (Å²) in [6.07, 6.45) is -1.13. The zero-order valence-corrected chi connectivity index (χ0v) is 19.1. The molecule has 1 amide bonds. The van der Waals surface area contributed by atoms with Crippen LogP contribution < -0.4 is 15.2 Å². The van der Waals surface area contributed by atoms with Gasteiger partial charge in [-0.15, -0.1) is 0 Å². The van der Waals surface area contributed by atoms with Crippen molar-refractivity contribution in [1.29, 1.82) is 0 Å². The Morgan fingerprint density at radius 2 is 1.64 bits per heavy atom. The van der Waals surface area contributed by atoms with Crippen molar-refractivity contribution in [3.8, 4) is 5.75 Å². The molecule has 0 spiro atoms. The number of esters is 1. The minimum atomic E-state index is -3.84. The highest BCUT2D eigenvalue weighted by atomic mass is 35.5. The highest BCUT2D eigenvalue weighted by Crippen LogP contribution is 2.22. The first kappa shape index (κ1) is 24.2. The molecule has 0 aliphatic heterocycles. The summed E-state index contributed by atoms with van der Waals surface area (Å²) in [4.78, 5) is 25.0. The number of sulfonamides is 1. The lowest BCUT2D eigenvalue weighted by atomic mass is 10.2. The summed E-state index contributed by atoms with van der Waals surface area (Å²) in [5.74, 6) is -1.01. The Balaban J connectivity index is 1.62. The summed E-state index contributed by atoms with van der Waals surface area (Å²) >= 11 is 5.88. The van der Waals surface area contributed by atoms with E-state index in [0.29, 0.717) is 16.5 Å². The quantitative estimate of drug-likeness (QED) is 0.465. The summed E-state index contributed by atoms with van der Waals surface area (Å²) in [7, 11) is -3.84. The maximum absolute atomic E-state index is 12.7. The predicted molar refractivity (Wildman–Crippen MR) is 124 cm³/mol. The minimum absolute atomic E-state index is 0.0878. The zero-order chi connectivity index (χ0) is 24.0. The third-order valence-electron chi connectivity index (χ3n) is 4.52. The normalized spacial score (nSPS) is 12.0. The molecular weight excluding hydrogens is 468 g/mol. The molecule has 0 saturated heterocycles. The summed E-state index contributed by atoms with van der Waals surface area (Å²) in [6.45, 7) is 1.63. The Morgan fingerprint density at radius 1 is 1.00 bits per heavy atom. The molecule has 3 N–H and O–H groups in total. The fourth-order valence-electron chi connectivity index (χ4n) is 2.75. The van der Waals surface area contributed by atoms with E-state index < -0.39 is 28.0 Å². The SMILES string of the molecule is C[C@H](OC(=O)c1ccccc1OCc1ccc(Cl)cc1)C(=O)Nc1ccc(S(N)(=O)=O)cc1. The maximum Gasteiger partial charge on any atom is 0.342 e. The van der Waals surface area contributed by atoms with Crippen molar-refractivity contribution in [3.63, 3.8) is 0 Å². The van der Waals surface area contributed by atoms with Crippen LogP contribution in [-0.4, -0.2) is 26.4 Å². The predicted octanol–water partition coefficient (Wildman–Crippen LogP) is 3.75. The smallest absolute Gasteiger partial charge is 0.342 e. The van der Waals surface area contributed by atoms with E-state index in [9.17, 15) is 18.0 Å². The van der Waals surface area contributed by atoms with Crippen molar-refractivity contribution in [1.82, 2.24) is 0 Å². The second-order valence-corrected chi connectivity index (χ2v) is 9.02. The van der Waals surface area contributed by atoms with Crippen LogP contribution in [0, 0.1) is 0 Å². The van der Waals surface area contributed by atoms with Crippen molar-refractivity contribution in [3.05, 3.63) is 88.9 Å². The molecule has 0 heterocycles. The van der Waals surface area contributed by atoms with Gasteiger partial charge in [0.05, 0.1) is 4.90 Å². The number of hydrogen-bond donors (Lipinski definition) is 2. The number of halogens is 1. The summed E-state index contributed by atoms with van der Waals surface area (Å²) in [5, 5.41) is 8.21. The molecule has 0 saturated carbocycles. The van der Waals surface area contributed by atoms with Gasteiger partial charge in [-0.25, -0.2) is 18.4 Å². The van der Waals surface area contributed by atoms with Gasteiger partial charge in [0.25, 0.3) is 5.91 Å².